The molecule has 1 aliphatic carbocycles. The first-order valence-corrected chi connectivity index (χ1v) is 8.14. The van der Waals surface area contributed by atoms with Crippen molar-refractivity contribution in [1.29, 1.82) is 0 Å². The number of amides is 1. The van der Waals surface area contributed by atoms with Gasteiger partial charge in [-0.3, -0.25) is 4.79 Å². The Bertz CT molecular complexity index is 764. The second kappa shape index (κ2) is 6.91. The summed E-state index contributed by atoms with van der Waals surface area (Å²) < 4.78 is 11.2. The summed E-state index contributed by atoms with van der Waals surface area (Å²) in [7, 11) is 0. The highest BCUT2D eigenvalue weighted by Gasteiger charge is 2.36. The van der Waals surface area contributed by atoms with Crippen LogP contribution in [0.25, 0.3) is 0 Å². The first kappa shape index (κ1) is 16.3. The normalized spacial score (nSPS) is 19.5. The minimum Gasteiger partial charge on any atom is -0.483 e. The van der Waals surface area contributed by atoms with Gasteiger partial charge in [-0.05, 0) is 55.5 Å². The van der Waals surface area contributed by atoms with E-state index in [1.165, 1.54) is 12.6 Å². The van der Waals surface area contributed by atoms with Gasteiger partial charge in [-0.1, -0.05) is 19.1 Å². The van der Waals surface area contributed by atoms with E-state index in [1.807, 2.05) is 44.2 Å². The van der Waals surface area contributed by atoms with Gasteiger partial charge < -0.3 is 9.15 Å². The number of carbonyl (C=O) groups is 1. The first-order chi connectivity index (χ1) is 11.5. The molecule has 0 aliphatic heterocycles. The largest absolute Gasteiger partial charge is 0.483 e. The van der Waals surface area contributed by atoms with Crippen molar-refractivity contribution in [3.05, 3.63) is 53.0 Å². The van der Waals surface area contributed by atoms with Crippen LogP contribution in [-0.4, -0.2) is 18.7 Å². The summed E-state index contributed by atoms with van der Waals surface area (Å²) in [4.78, 5) is 11.8. The Morgan fingerprint density at radius 3 is 2.92 bits per heavy atom. The number of ether oxygens (including phenoxy) is 1. The van der Waals surface area contributed by atoms with Crippen LogP contribution in [0.3, 0.4) is 0 Å². The van der Waals surface area contributed by atoms with Crippen molar-refractivity contribution >= 4 is 12.1 Å². The maximum atomic E-state index is 11.8. The fraction of sp³-hybridized carbons (Fsp3) is 0.368. The van der Waals surface area contributed by atoms with Crippen LogP contribution in [-0.2, 0) is 4.79 Å². The molecule has 1 saturated carbocycles. The molecule has 3 rings (SSSR count). The van der Waals surface area contributed by atoms with Gasteiger partial charge in [0.2, 0.25) is 0 Å². The molecule has 1 aliphatic rings. The zero-order valence-corrected chi connectivity index (χ0v) is 14.2. The molecule has 0 radical (unpaired) electrons. The molecular weight excluding hydrogens is 304 g/mol. The van der Waals surface area contributed by atoms with Gasteiger partial charge in [-0.2, -0.15) is 5.10 Å². The van der Waals surface area contributed by atoms with Crippen LogP contribution >= 0.6 is 0 Å². The number of nitrogens with zero attached hydrogens (tertiary/aromatic N) is 1. The Morgan fingerprint density at radius 1 is 1.38 bits per heavy atom. The van der Waals surface area contributed by atoms with Crippen molar-refractivity contribution in [2.45, 2.75) is 33.1 Å². The number of hydrazone groups is 1. The highest BCUT2D eigenvalue weighted by atomic mass is 16.5. The Labute approximate surface area is 141 Å². The number of aryl methyl sites for hydroxylation is 2. The third-order valence-electron chi connectivity index (χ3n) is 4.21. The van der Waals surface area contributed by atoms with Crippen molar-refractivity contribution in [2.24, 2.45) is 11.0 Å². The molecule has 1 heterocycles. The molecule has 0 unspecified atom stereocenters. The summed E-state index contributed by atoms with van der Waals surface area (Å²) in [6.07, 6.45) is 2.68. The van der Waals surface area contributed by atoms with E-state index >= 15 is 0 Å². The highest BCUT2D eigenvalue weighted by molar-refractivity contribution is 5.81. The van der Waals surface area contributed by atoms with Crippen LogP contribution < -0.4 is 10.2 Å². The topological polar surface area (TPSA) is 63.8 Å². The summed E-state index contributed by atoms with van der Waals surface area (Å²) >= 11 is 0. The number of benzene rings is 1. The number of carbonyl (C=O) groups excluding carboxylic acids is 1. The van der Waals surface area contributed by atoms with Gasteiger partial charge in [0, 0.05) is 5.92 Å². The lowest BCUT2D eigenvalue weighted by Crippen LogP contribution is -2.24. The quantitative estimate of drug-likeness (QED) is 0.652. The zero-order chi connectivity index (χ0) is 17.1. The Hall–Kier alpha value is -2.56. The zero-order valence-electron chi connectivity index (χ0n) is 14.2. The predicted octanol–water partition coefficient (Wildman–Crippen LogP) is 3.55. The van der Waals surface area contributed by atoms with E-state index in [1.54, 1.807) is 0 Å². The van der Waals surface area contributed by atoms with Crippen molar-refractivity contribution in [3.8, 4) is 5.75 Å². The van der Waals surface area contributed by atoms with Crippen molar-refractivity contribution in [2.75, 3.05) is 6.61 Å². The minimum absolute atomic E-state index is 0.0787. The van der Waals surface area contributed by atoms with Crippen LogP contribution in [0.2, 0.25) is 0 Å². The second-order valence-electron chi connectivity index (χ2n) is 6.41. The van der Waals surface area contributed by atoms with Crippen molar-refractivity contribution in [1.82, 2.24) is 5.43 Å². The van der Waals surface area contributed by atoms with Crippen LogP contribution in [0.15, 0.2) is 39.9 Å². The average Bonchev–Trinajstić information content (AvgIpc) is 3.09. The van der Waals surface area contributed by atoms with Gasteiger partial charge in [0.1, 0.15) is 17.3 Å². The van der Waals surface area contributed by atoms with E-state index in [-0.39, 0.29) is 12.5 Å². The Balaban J connectivity index is 1.46. The van der Waals surface area contributed by atoms with E-state index in [9.17, 15) is 4.79 Å². The molecule has 1 N–H and O–H groups in total. The smallest absolute Gasteiger partial charge is 0.277 e. The fourth-order valence-corrected chi connectivity index (χ4v) is 2.56. The van der Waals surface area contributed by atoms with Crippen LogP contribution in [0.1, 0.15) is 41.9 Å². The fourth-order valence-electron chi connectivity index (χ4n) is 2.56. The van der Waals surface area contributed by atoms with Gasteiger partial charge in [-0.15, -0.1) is 0 Å². The number of furan rings is 1. The minimum atomic E-state index is -0.310. The summed E-state index contributed by atoms with van der Waals surface area (Å²) in [5.41, 5.74) is 4.53. The molecular formula is C19H22N2O3. The third kappa shape index (κ3) is 4.04. The molecule has 2 aromatic rings. The maximum absolute atomic E-state index is 11.8. The number of hydrogen-bond donors (Lipinski definition) is 1. The van der Waals surface area contributed by atoms with E-state index in [2.05, 4.69) is 17.5 Å². The standard InChI is InChI=1S/C19H22N2O3/c1-12-4-5-13(2)18(8-12)23-11-19(22)21-20-10-15-6-7-17(24-15)16-9-14(16)3/h4-8,10,14,16H,9,11H2,1-3H3,(H,21,22)/b20-10-/t14-,16+/m1/s1. The van der Waals surface area contributed by atoms with E-state index < -0.39 is 0 Å². The van der Waals surface area contributed by atoms with Gasteiger partial charge in [0.15, 0.2) is 6.61 Å². The number of hydrogen-bond acceptors (Lipinski definition) is 4. The van der Waals surface area contributed by atoms with E-state index in [0.29, 0.717) is 23.3 Å². The van der Waals surface area contributed by atoms with Gasteiger partial charge in [0.25, 0.3) is 5.91 Å². The first-order valence-electron chi connectivity index (χ1n) is 8.14. The molecule has 1 aromatic carbocycles. The lowest BCUT2D eigenvalue weighted by molar-refractivity contribution is -0.123. The molecule has 5 nitrogen and oxygen atoms in total. The Morgan fingerprint density at radius 2 is 2.17 bits per heavy atom. The summed E-state index contributed by atoms with van der Waals surface area (Å²) in [6, 6.07) is 9.72. The van der Waals surface area contributed by atoms with Gasteiger partial charge in [0.05, 0.1) is 6.21 Å². The monoisotopic (exact) mass is 326 g/mol. The van der Waals surface area contributed by atoms with Gasteiger partial charge >= 0.3 is 0 Å². The molecule has 126 valence electrons. The molecule has 0 spiro atoms. The third-order valence-corrected chi connectivity index (χ3v) is 4.21. The SMILES string of the molecule is Cc1ccc(C)c(OCC(=O)N/N=C\c2ccc([C@H]3C[C@H]3C)o2)c1. The Kier molecular flexibility index (Phi) is 4.69. The summed E-state index contributed by atoms with van der Waals surface area (Å²) in [5.74, 6) is 3.27. The van der Waals surface area contributed by atoms with Crippen LogP contribution in [0.4, 0.5) is 0 Å². The van der Waals surface area contributed by atoms with Gasteiger partial charge in [-0.25, -0.2) is 5.43 Å². The number of nitrogens with one attached hydrogen (secondary N) is 1. The molecule has 1 fully saturated rings. The molecule has 24 heavy (non-hydrogen) atoms. The summed E-state index contributed by atoms with van der Waals surface area (Å²) in [6.45, 7) is 6.05. The number of rotatable bonds is 6. The predicted molar refractivity (Wildman–Crippen MR) is 92.4 cm³/mol. The van der Waals surface area contributed by atoms with E-state index in [0.717, 1.165) is 16.9 Å². The molecule has 2 atom stereocenters. The van der Waals surface area contributed by atoms with Crippen molar-refractivity contribution in [3.63, 3.8) is 0 Å². The lowest BCUT2D eigenvalue weighted by Gasteiger charge is -2.08. The van der Waals surface area contributed by atoms with E-state index in [4.69, 9.17) is 9.15 Å². The molecule has 1 aromatic heterocycles. The van der Waals surface area contributed by atoms with Crippen molar-refractivity contribution < 1.29 is 13.9 Å². The second-order valence-corrected chi connectivity index (χ2v) is 6.41. The maximum Gasteiger partial charge on any atom is 0.277 e. The molecule has 1 amide bonds. The van der Waals surface area contributed by atoms with Crippen LogP contribution in [0, 0.1) is 19.8 Å². The summed E-state index contributed by atoms with van der Waals surface area (Å²) in [5, 5.41) is 3.91. The molecule has 5 heteroatoms. The van der Waals surface area contributed by atoms with Crippen LogP contribution in [0.5, 0.6) is 5.75 Å². The molecule has 0 bridgehead atoms. The highest BCUT2D eigenvalue weighted by Crippen LogP contribution is 2.47. The molecule has 0 saturated heterocycles. The lowest BCUT2D eigenvalue weighted by atomic mass is 10.1. The average molecular weight is 326 g/mol.